The molecule has 0 saturated heterocycles. The average molecular weight is 346 g/mol. The van der Waals surface area contributed by atoms with Crippen LogP contribution in [0.15, 0.2) is 12.2 Å². The first-order chi connectivity index (χ1) is 11.7. The summed E-state index contributed by atoms with van der Waals surface area (Å²) in [5.74, 6) is 2.01. The van der Waals surface area contributed by atoms with Gasteiger partial charge in [-0.15, -0.1) is 0 Å². The van der Waals surface area contributed by atoms with Crippen LogP contribution in [0.1, 0.15) is 52.9 Å². The second-order valence-electron chi connectivity index (χ2n) is 9.67. The molecule has 0 amide bonds. The molecule has 0 N–H and O–H groups in total. The summed E-state index contributed by atoms with van der Waals surface area (Å²) in [5, 5.41) is 0. The molecule has 4 aliphatic carbocycles. The fraction of sp³-hybridized carbons (Fsp3) is 0.810. The van der Waals surface area contributed by atoms with Crippen LogP contribution in [0, 0.1) is 40.9 Å². The molecule has 4 rings (SSSR count). The molecule has 7 unspecified atom stereocenters. The Labute approximate surface area is 150 Å². The molecule has 4 bridgehead atoms. The van der Waals surface area contributed by atoms with Crippen molar-refractivity contribution in [3.63, 3.8) is 0 Å². The molecule has 7 atom stereocenters. The molecule has 0 aliphatic heterocycles. The van der Waals surface area contributed by atoms with Gasteiger partial charge in [0.15, 0.2) is 0 Å². The number of methoxy groups -OCH3 is 1. The monoisotopic (exact) mass is 346 g/mol. The molecular weight excluding hydrogens is 316 g/mol. The minimum atomic E-state index is -0.444. The predicted octanol–water partition coefficient (Wildman–Crippen LogP) is 3.75. The van der Waals surface area contributed by atoms with E-state index < -0.39 is 5.60 Å². The van der Waals surface area contributed by atoms with Gasteiger partial charge in [0.05, 0.1) is 13.0 Å². The third-order valence-corrected chi connectivity index (χ3v) is 7.62. The van der Waals surface area contributed by atoms with Crippen molar-refractivity contribution in [2.24, 2.45) is 40.9 Å². The summed E-state index contributed by atoms with van der Waals surface area (Å²) in [7, 11) is 1.45. The van der Waals surface area contributed by atoms with Crippen molar-refractivity contribution in [2.45, 2.75) is 58.5 Å². The molecule has 4 fully saturated rings. The molecule has 0 aromatic carbocycles. The Morgan fingerprint density at radius 2 is 1.80 bits per heavy atom. The second kappa shape index (κ2) is 5.34. The van der Waals surface area contributed by atoms with Crippen LogP contribution in [0.3, 0.4) is 0 Å². The highest BCUT2D eigenvalue weighted by Crippen LogP contribution is 2.77. The highest BCUT2D eigenvalue weighted by Gasteiger charge is 2.73. The third-order valence-electron chi connectivity index (χ3n) is 7.62. The highest BCUT2D eigenvalue weighted by molar-refractivity contribution is 5.90. The van der Waals surface area contributed by atoms with Crippen LogP contribution in [-0.4, -0.2) is 24.6 Å². The van der Waals surface area contributed by atoms with E-state index in [4.69, 9.17) is 9.47 Å². The molecule has 0 spiro atoms. The molecule has 0 radical (unpaired) electrons. The molecule has 4 nitrogen and oxygen atoms in total. The lowest BCUT2D eigenvalue weighted by atomic mass is 9.54. The Morgan fingerprint density at radius 1 is 1.08 bits per heavy atom. The van der Waals surface area contributed by atoms with Crippen molar-refractivity contribution in [3.8, 4) is 0 Å². The van der Waals surface area contributed by atoms with E-state index in [1.165, 1.54) is 26.4 Å². The number of ether oxygens (including phenoxy) is 2. The van der Waals surface area contributed by atoms with Gasteiger partial charge in [-0.25, -0.2) is 4.79 Å². The first-order valence-corrected chi connectivity index (χ1v) is 9.70. The van der Waals surface area contributed by atoms with Crippen LogP contribution in [0.2, 0.25) is 0 Å². The van der Waals surface area contributed by atoms with Gasteiger partial charge in [0, 0.05) is 11.0 Å². The van der Waals surface area contributed by atoms with E-state index in [1.807, 2.05) is 20.8 Å². The summed E-state index contributed by atoms with van der Waals surface area (Å²) < 4.78 is 10.8. The van der Waals surface area contributed by atoms with E-state index in [9.17, 15) is 9.59 Å². The minimum absolute atomic E-state index is 0.00727. The second-order valence-corrected chi connectivity index (χ2v) is 9.67. The molecule has 0 aromatic rings. The number of fused-ring (bicyclic) bond motifs is 9. The Hall–Kier alpha value is -1.32. The number of rotatable bonds is 3. The number of hydrogen-bond acceptors (Lipinski definition) is 4. The van der Waals surface area contributed by atoms with Gasteiger partial charge in [0.2, 0.25) is 0 Å². The summed E-state index contributed by atoms with van der Waals surface area (Å²) in [4.78, 5) is 25.2. The zero-order valence-electron chi connectivity index (χ0n) is 15.8. The van der Waals surface area contributed by atoms with Crippen LogP contribution in [-0.2, 0) is 19.1 Å². The highest BCUT2D eigenvalue weighted by atomic mass is 16.6. The fourth-order valence-corrected chi connectivity index (χ4v) is 7.25. The average Bonchev–Trinajstić information content (AvgIpc) is 3.27. The molecule has 4 heteroatoms. The Morgan fingerprint density at radius 3 is 2.44 bits per heavy atom. The van der Waals surface area contributed by atoms with Crippen molar-refractivity contribution >= 4 is 11.9 Å². The van der Waals surface area contributed by atoms with Gasteiger partial charge in [-0.05, 0) is 82.5 Å². The van der Waals surface area contributed by atoms with Crippen LogP contribution < -0.4 is 0 Å². The molecular formula is C21H30O4. The van der Waals surface area contributed by atoms with Crippen LogP contribution in [0.25, 0.3) is 0 Å². The third kappa shape index (κ3) is 2.18. The summed E-state index contributed by atoms with van der Waals surface area (Å²) in [6, 6.07) is 0. The van der Waals surface area contributed by atoms with Crippen LogP contribution in [0.4, 0.5) is 0 Å². The maximum atomic E-state index is 12.8. The standard InChI is InChI=1S/C21H30O4/c1-11(18(22)24-5)21-13-7-6-12(8-13)17(21)15-9-14(21)10-16(15)19(23)25-20(2,3)4/h12-17H,1,6-10H2,2-5H3. The lowest BCUT2D eigenvalue weighted by Crippen LogP contribution is -2.48. The van der Waals surface area contributed by atoms with Crippen LogP contribution in [0.5, 0.6) is 0 Å². The topological polar surface area (TPSA) is 52.6 Å². The van der Waals surface area contributed by atoms with Gasteiger partial charge in [-0.1, -0.05) is 6.58 Å². The maximum Gasteiger partial charge on any atom is 0.333 e. The minimum Gasteiger partial charge on any atom is -0.466 e. The first-order valence-electron chi connectivity index (χ1n) is 9.70. The number of esters is 2. The number of carbonyl (C=O) groups excluding carboxylic acids is 2. The van der Waals surface area contributed by atoms with Crippen LogP contribution >= 0.6 is 0 Å². The fourth-order valence-electron chi connectivity index (χ4n) is 7.25. The first kappa shape index (κ1) is 17.1. The maximum absolute atomic E-state index is 12.8. The summed E-state index contributed by atoms with van der Waals surface area (Å²) in [6.07, 6.45) is 5.49. The van der Waals surface area contributed by atoms with E-state index in [2.05, 4.69) is 6.58 Å². The van der Waals surface area contributed by atoms with Crippen molar-refractivity contribution < 1.29 is 19.1 Å². The zero-order chi connectivity index (χ0) is 18.1. The van der Waals surface area contributed by atoms with Gasteiger partial charge in [0.1, 0.15) is 5.60 Å². The number of carbonyl (C=O) groups is 2. The van der Waals surface area contributed by atoms with E-state index >= 15 is 0 Å². The van der Waals surface area contributed by atoms with Crippen molar-refractivity contribution in [1.82, 2.24) is 0 Å². The zero-order valence-corrected chi connectivity index (χ0v) is 15.8. The molecule has 4 aliphatic rings. The van der Waals surface area contributed by atoms with Crippen molar-refractivity contribution in [2.75, 3.05) is 7.11 Å². The SMILES string of the molecule is C=C(C(=O)OC)C12C3CCC(C3)C1C1CC2CC1C(=O)OC(C)(C)C. The van der Waals surface area contributed by atoms with Crippen molar-refractivity contribution in [1.29, 1.82) is 0 Å². The lowest BCUT2D eigenvalue weighted by molar-refractivity contribution is -0.164. The van der Waals surface area contributed by atoms with Gasteiger partial charge < -0.3 is 9.47 Å². The van der Waals surface area contributed by atoms with E-state index in [0.29, 0.717) is 35.2 Å². The summed E-state index contributed by atoms with van der Waals surface area (Å²) in [6.45, 7) is 10.0. The van der Waals surface area contributed by atoms with Gasteiger partial charge in [-0.2, -0.15) is 0 Å². The Kier molecular flexibility index (Phi) is 3.66. The summed E-state index contributed by atoms with van der Waals surface area (Å²) in [5.41, 5.74) is 0.127. The van der Waals surface area contributed by atoms with Gasteiger partial charge in [0.25, 0.3) is 0 Å². The Bertz CT molecular complexity index is 630. The molecule has 4 saturated carbocycles. The largest absolute Gasteiger partial charge is 0.466 e. The van der Waals surface area contributed by atoms with Gasteiger partial charge in [-0.3, -0.25) is 4.79 Å². The smallest absolute Gasteiger partial charge is 0.333 e. The van der Waals surface area contributed by atoms with E-state index in [-0.39, 0.29) is 23.3 Å². The van der Waals surface area contributed by atoms with Crippen molar-refractivity contribution in [3.05, 3.63) is 12.2 Å². The van der Waals surface area contributed by atoms with E-state index in [0.717, 1.165) is 12.8 Å². The molecule has 25 heavy (non-hydrogen) atoms. The Balaban J connectivity index is 1.65. The van der Waals surface area contributed by atoms with Gasteiger partial charge >= 0.3 is 11.9 Å². The predicted molar refractivity (Wildman–Crippen MR) is 93.5 cm³/mol. The van der Waals surface area contributed by atoms with E-state index in [1.54, 1.807) is 0 Å². The molecule has 0 heterocycles. The normalized spacial score (nSPS) is 43.8. The lowest BCUT2D eigenvalue weighted by Gasteiger charge is -2.49. The number of hydrogen-bond donors (Lipinski definition) is 0. The summed E-state index contributed by atoms with van der Waals surface area (Å²) >= 11 is 0. The molecule has 0 aromatic heterocycles. The quantitative estimate of drug-likeness (QED) is 0.444. The molecule has 138 valence electrons.